The molecule has 2 heteroatoms. The van der Waals surface area contributed by atoms with Crippen LogP contribution in [0.1, 0.15) is 201 Å². The van der Waals surface area contributed by atoms with Gasteiger partial charge in [-0.05, 0) is 26.2 Å². The largest absolute Gasteiger partial charge is 0.463 e. The van der Waals surface area contributed by atoms with Crippen molar-refractivity contribution in [3.63, 3.8) is 0 Å². The predicted molar refractivity (Wildman–Crippen MR) is 156 cm³/mol. The van der Waals surface area contributed by atoms with Crippen LogP contribution in [0.3, 0.4) is 0 Å². The van der Waals surface area contributed by atoms with Crippen molar-refractivity contribution in [3.8, 4) is 0 Å². The summed E-state index contributed by atoms with van der Waals surface area (Å²) in [5.74, 6) is 0.0175. The molecule has 0 rings (SSSR count). The monoisotopic (exact) mass is 495 g/mol. The number of unbranched alkanes of at least 4 members (excludes halogenated alkanes) is 24. The molecule has 1 unspecified atom stereocenters. The van der Waals surface area contributed by atoms with Crippen molar-refractivity contribution in [2.24, 2.45) is 0 Å². The molecule has 2 nitrogen and oxygen atoms in total. The Hall–Kier alpha value is -0.530. The standard InChI is InChI=1S/C33H66O2/c1-4-6-8-10-11-12-13-14-15-16-17-18-19-20-21-22-23-24-25-27-29-31-33(34)35-32(3)30-28-26-9-7-5-2/h32H,4-31H2,1-3H3. The fourth-order valence-electron chi connectivity index (χ4n) is 5.08. The maximum Gasteiger partial charge on any atom is 0.306 e. The Balaban J connectivity index is 3.19. The van der Waals surface area contributed by atoms with Gasteiger partial charge in [0.2, 0.25) is 0 Å². The lowest BCUT2D eigenvalue weighted by atomic mass is 10.0. The van der Waals surface area contributed by atoms with E-state index >= 15 is 0 Å². The average molecular weight is 495 g/mol. The van der Waals surface area contributed by atoms with Crippen molar-refractivity contribution in [3.05, 3.63) is 0 Å². The molecule has 1 atom stereocenters. The second-order valence-electron chi connectivity index (χ2n) is 11.3. The molecule has 0 aliphatic carbocycles. The molecule has 35 heavy (non-hydrogen) atoms. The summed E-state index contributed by atoms with van der Waals surface area (Å²) >= 11 is 0. The van der Waals surface area contributed by atoms with Crippen LogP contribution in [-0.2, 0) is 9.53 Å². The summed E-state index contributed by atoms with van der Waals surface area (Å²) in [5, 5.41) is 0. The van der Waals surface area contributed by atoms with Crippen LogP contribution in [0.4, 0.5) is 0 Å². The van der Waals surface area contributed by atoms with E-state index in [-0.39, 0.29) is 12.1 Å². The second kappa shape index (κ2) is 29.7. The lowest BCUT2D eigenvalue weighted by molar-refractivity contribution is -0.148. The van der Waals surface area contributed by atoms with Gasteiger partial charge in [-0.2, -0.15) is 0 Å². The van der Waals surface area contributed by atoms with Crippen LogP contribution in [0.15, 0.2) is 0 Å². The van der Waals surface area contributed by atoms with Crippen LogP contribution in [-0.4, -0.2) is 12.1 Å². The van der Waals surface area contributed by atoms with Crippen molar-refractivity contribution in [2.75, 3.05) is 0 Å². The van der Waals surface area contributed by atoms with E-state index in [0.717, 1.165) is 12.8 Å². The van der Waals surface area contributed by atoms with Crippen molar-refractivity contribution in [2.45, 2.75) is 207 Å². The van der Waals surface area contributed by atoms with Gasteiger partial charge in [0.15, 0.2) is 0 Å². The van der Waals surface area contributed by atoms with Gasteiger partial charge in [-0.3, -0.25) is 4.79 Å². The molecule has 0 aromatic heterocycles. The van der Waals surface area contributed by atoms with Gasteiger partial charge in [0.25, 0.3) is 0 Å². The molecule has 0 aromatic rings. The van der Waals surface area contributed by atoms with Crippen LogP contribution in [0, 0.1) is 0 Å². The summed E-state index contributed by atoms with van der Waals surface area (Å²) in [7, 11) is 0. The average Bonchev–Trinajstić information content (AvgIpc) is 2.84. The zero-order valence-electron chi connectivity index (χ0n) is 24.7. The van der Waals surface area contributed by atoms with Gasteiger partial charge in [0, 0.05) is 6.42 Å². The summed E-state index contributed by atoms with van der Waals surface area (Å²) in [6.45, 7) is 6.59. The predicted octanol–water partition coefficient (Wildman–Crippen LogP) is 11.9. The minimum atomic E-state index is 0.0175. The fourth-order valence-corrected chi connectivity index (χ4v) is 5.08. The van der Waals surface area contributed by atoms with Crippen molar-refractivity contribution >= 4 is 5.97 Å². The zero-order chi connectivity index (χ0) is 25.7. The van der Waals surface area contributed by atoms with Gasteiger partial charge in [-0.1, -0.05) is 168 Å². The molecular formula is C33H66O2. The first kappa shape index (κ1) is 34.5. The number of carbonyl (C=O) groups is 1. The third-order valence-corrected chi connectivity index (χ3v) is 7.53. The molecule has 0 saturated carbocycles. The third kappa shape index (κ3) is 29.6. The van der Waals surface area contributed by atoms with Crippen molar-refractivity contribution in [1.29, 1.82) is 0 Å². The molecule has 0 fully saturated rings. The van der Waals surface area contributed by atoms with Crippen LogP contribution in [0.25, 0.3) is 0 Å². The second-order valence-corrected chi connectivity index (χ2v) is 11.3. The highest BCUT2D eigenvalue weighted by molar-refractivity contribution is 5.69. The molecule has 0 saturated heterocycles. The van der Waals surface area contributed by atoms with Crippen LogP contribution in [0.5, 0.6) is 0 Å². The number of ether oxygens (including phenoxy) is 1. The van der Waals surface area contributed by atoms with Gasteiger partial charge in [0.1, 0.15) is 0 Å². The Morgan fingerprint density at radius 3 is 1.09 bits per heavy atom. The van der Waals surface area contributed by atoms with Crippen molar-refractivity contribution in [1.82, 2.24) is 0 Å². The topological polar surface area (TPSA) is 26.3 Å². The van der Waals surface area contributed by atoms with Gasteiger partial charge in [-0.15, -0.1) is 0 Å². The van der Waals surface area contributed by atoms with E-state index in [4.69, 9.17) is 4.74 Å². The number of esters is 1. The van der Waals surface area contributed by atoms with Gasteiger partial charge in [0.05, 0.1) is 6.10 Å². The van der Waals surface area contributed by atoms with Crippen LogP contribution >= 0.6 is 0 Å². The molecule has 0 radical (unpaired) electrons. The van der Waals surface area contributed by atoms with E-state index in [1.165, 1.54) is 161 Å². The Bertz CT molecular complexity index is 406. The van der Waals surface area contributed by atoms with Crippen molar-refractivity contribution < 1.29 is 9.53 Å². The van der Waals surface area contributed by atoms with Gasteiger partial charge in [-0.25, -0.2) is 0 Å². The van der Waals surface area contributed by atoms with E-state index in [0.29, 0.717) is 6.42 Å². The number of carbonyl (C=O) groups excluding carboxylic acids is 1. The molecular weight excluding hydrogens is 428 g/mol. The SMILES string of the molecule is CCCCCCCCCCCCCCCCCCCCCCCC(=O)OC(C)CCCCCCC. The van der Waals surface area contributed by atoms with E-state index in [2.05, 4.69) is 20.8 Å². The Morgan fingerprint density at radius 1 is 0.457 bits per heavy atom. The number of hydrogen-bond acceptors (Lipinski definition) is 2. The van der Waals surface area contributed by atoms with Crippen LogP contribution < -0.4 is 0 Å². The van der Waals surface area contributed by atoms with E-state index in [1.54, 1.807) is 0 Å². The fraction of sp³-hybridized carbons (Fsp3) is 0.970. The molecule has 210 valence electrons. The van der Waals surface area contributed by atoms with E-state index in [1.807, 2.05) is 0 Å². The highest BCUT2D eigenvalue weighted by Gasteiger charge is 2.09. The first-order valence-electron chi connectivity index (χ1n) is 16.4. The normalized spacial score (nSPS) is 12.2. The molecule has 0 N–H and O–H groups in total. The smallest absolute Gasteiger partial charge is 0.306 e. The highest BCUT2D eigenvalue weighted by atomic mass is 16.5. The molecule has 0 amide bonds. The summed E-state index contributed by atoms with van der Waals surface area (Å²) in [5.41, 5.74) is 0. The maximum absolute atomic E-state index is 12.0. The number of rotatable bonds is 29. The first-order chi connectivity index (χ1) is 17.2. The molecule has 0 heterocycles. The molecule has 0 aromatic carbocycles. The van der Waals surface area contributed by atoms with Crippen LogP contribution in [0.2, 0.25) is 0 Å². The molecule has 0 aliphatic rings. The molecule has 0 spiro atoms. The minimum Gasteiger partial charge on any atom is -0.463 e. The summed E-state index contributed by atoms with van der Waals surface area (Å²) < 4.78 is 5.56. The number of hydrogen-bond donors (Lipinski definition) is 0. The Kier molecular flexibility index (Phi) is 29.2. The highest BCUT2D eigenvalue weighted by Crippen LogP contribution is 2.16. The van der Waals surface area contributed by atoms with E-state index < -0.39 is 0 Å². The summed E-state index contributed by atoms with van der Waals surface area (Å²) in [6, 6.07) is 0. The summed E-state index contributed by atoms with van der Waals surface area (Å²) in [4.78, 5) is 12.0. The quantitative estimate of drug-likeness (QED) is 0.0763. The molecule has 0 aliphatic heterocycles. The van der Waals surface area contributed by atoms with E-state index in [9.17, 15) is 4.79 Å². The van der Waals surface area contributed by atoms with Gasteiger partial charge < -0.3 is 4.74 Å². The third-order valence-electron chi connectivity index (χ3n) is 7.53. The molecule has 0 bridgehead atoms. The lowest BCUT2D eigenvalue weighted by Gasteiger charge is -2.13. The summed E-state index contributed by atoms with van der Waals surface area (Å²) in [6.07, 6.45) is 37.4. The Morgan fingerprint density at radius 2 is 0.743 bits per heavy atom. The lowest BCUT2D eigenvalue weighted by Crippen LogP contribution is -2.14. The first-order valence-corrected chi connectivity index (χ1v) is 16.4. The van der Waals surface area contributed by atoms with Gasteiger partial charge >= 0.3 is 5.97 Å². The Labute approximate surface area is 222 Å². The minimum absolute atomic E-state index is 0.0175. The maximum atomic E-state index is 12.0. The zero-order valence-corrected chi connectivity index (χ0v) is 24.7.